The molecule has 15 heavy (non-hydrogen) atoms. The number of hydrogen-bond donors (Lipinski definition) is 0. The molecule has 0 unspecified atom stereocenters. The van der Waals surface area contributed by atoms with E-state index in [9.17, 15) is 4.79 Å². The van der Waals surface area contributed by atoms with Gasteiger partial charge in [0.25, 0.3) is 0 Å². The Kier molecular flexibility index (Phi) is 3.90. The smallest absolute Gasteiger partial charge is 0.345 e. The van der Waals surface area contributed by atoms with Crippen molar-refractivity contribution in [3.63, 3.8) is 0 Å². The van der Waals surface area contributed by atoms with Crippen LogP contribution >= 0.6 is 11.8 Å². The topological polar surface area (TPSA) is 61.3 Å². The molecule has 0 atom stereocenters. The Hall–Kier alpha value is -1.30. The molecule has 0 saturated heterocycles. The summed E-state index contributed by atoms with van der Waals surface area (Å²) in [7, 11) is 2.77. The van der Waals surface area contributed by atoms with Crippen LogP contribution in [0.25, 0.3) is 0 Å². The fourth-order valence-electron chi connectivity index (χ4n) is 1.10. The molecule has 0 bridgehead atoms. The van der Waals surface area contributed by atoms with Crippen LogP contribution in [0.3, 0.4) is 0 Å². The zero-order valence-electron chi connectivity index (χ0n) is 9.03. The maximum absolute atomic E-state index is 11.4. The number of carbonyl (C=O) groups excluding carboxylic acids is 1. The van der Waals surface area contributed by atoms with E-state index in [-0.39, 0.29) is 11.4 Å². The van der Waals surface area contributed by atoms with Gasteiger partial charge in [0.2, 0.25) is 5.88 Å². The van der Waals surface area contributed by atoms with Crippen molar-refractivity contribution in [2.75, 3.05) is 20.5 Å². The van der Waals surface area contributed by atoms with Gasteiger partial charge in [-0.15, -0.1) is 0 Å². The largest absolute Gasteiger partial charge is 0.480 e. The third kappa shape index (κ3) is 2.38. The van der Waals surface area contributed by atoms with Gasteiger partial charge in [-0.2, -0.15) is 4.98 Å². The molecule has 1 aromatic rings. The number of methoxy groups -OCH3 is 2. The molecule has 0 amide bonds. The van der Waals surface area contributed by atoms with E-state index < -0.39 is 5.97 Å². The minimum absolute atomic E-state index is 0.249. The quantitative estimate of drug-likeness (QED) is 0.441. The Morgan fingerprint density at radius 2 is 2.00 bits per heavy atom. The molecule has 5 nitrogen and oxygen atoms in total. The first-order valence-electron chi connectivity index (χ1n) is 4.19. The van der Waals surface area contributed by atoms with Crippen LogP contribution in [0.2, 0.25) is 0 Å². The van der Waals surface area contributed by atoms with E-state index >= 15 is 0 Å². The predicted molar refractivity (Wildman–Crippen MR) is 56.4 cm³/mol. The number of nitrogens with zero attached hydrogens (tertiary/aromatic N) is 2. The summed E-state index contributed by atoms with van der Waals surface area (Å²) in [4.78, 5) is 19.6. The molecule has 0 saturated carbocycles. The lowest BCUT2D eigenvalue weighted by Gasteiger charge is -2.09. The zero-order valence-corrected chi connectivity index (χ0v) is 9.84. The zero-order chi connectivity index (χ0) is 11.4. The van der Waals surface area contributed by atoms with Gasteiger partial charge in [0, 0.05) is 0 Å². The van der Waals surface area contributed by atoms with Crippen LogP contribution in [-0.2, 0) is 4.74 Å². The molecule has 82 valence electrons. The van der Waals surface area contributed by atoms with E-state index in [0.29, 0.717) is 10.9 Å². The van der Waals surface area contributed by atoms with Gasteiger partial charge in [0.1, 0.15) is 5.56 Å². The lowest BCUT2D eigenvalue weighted by Crippen LogP contribution is -2.10. The van der Waals surface area contributed by atoms with E-state index in [1.165, 1.54) is 26.0 Å². The third-order valence-corrected chi connectivity index (χ3v) is 2.35. The van der Waals surface area contributed by atoms with E-state index in [1.54, 1.807) is 6.92 Å². The number of esters is 1. The fourth-order valence-corrected chi connectivity index (χ4v) is 1.50. The summed E-state index contributed by atoms with van der Waals surface area (Å²) in [5, 5.41) is 0.567. The molecule has 0 radical (unpaired) electrons. The Labute approximate surface area is 92.2 Å². The van der Waals surface area contributed by atoms with Crippen molar-refractivity contribution >= 4 is 17.7 Å². The lowest BCUT2D eigenvalue weighted by atomic mass is 10.2. The standard InChI is InChI=1S/C9H12N2O3S/c1-5-6(8(12)14-3)7(13-2)11-9(10-5)15-4/h1-4H3. The lowest BCUT2D eigenvalue weighted by molar-refractivity contribution is 0.0594. The predicted octanol–water partition coefficient (Wildman–Crippen LogP) is 1.30. The first-order valence-corrected chi connectivity index (χ1v) is 5.41. The van der Waals surface area contributed by atoms with Crippen molar-refractivity contribution in [1.29, 1.82) is 0 Å². The van der Waals surface area contributed by atoms with E-state index in [4.69, 9.17) is 4.74 Å². The monoisotopic (exact) mass is 228 g/mol. The Balaban J connectivity index is 3.30. The van der Waals surface area contributed by atoms with Gasteiger partial charge in [-0.3, -0.25) is 0 Å². The Bertz CT molecular complexity index is 382. The van der Waals surface area contributed by atoms with Gasteiger partial charge < -0.3 is 9.47 Å². The van der Waals surface area contributed by atoms with Crippen LogP contribution in [0, 0.1) is 6.92 Å². The van der Waals surface area contributed by atoms with Crippen LogP contribution in [0.15, 0.2) is 5.16 Å². The van der Waals surface area contributed by atoms with Gasteiger partial charge in [-0.05, 0) is 13.2 Å². The molecular formula is C9H12N2O3S. The number of ether oxygens (including phenoxy) is 2. The van der Waals surface area contributed by atoms with Gasteiger partial charge >= 0.3 is 5.97 Å². The van der Waals surface area contributed by atoms with Gasteiger partial charge in [-0.25, -0.2) is 9.78 Å². The van der Waals surface area contributed by atoms with Crippen LogP contribution in [-0.4, -0.2) is 36.4 Å². The maximum Gasteiger partial charge on any atom is 0.345 e. The van der Waals surface area contributed by atoms with Gasteiger partial charge in [0.15, 0.2) is 5.16 Å². The molecule has 1 rings (SSSR count). The van der Waals surface area contributed by atoms with E-state index in [1.807, 2.05) is 6.26 Å². The molecule has 0 aliphatic carbocycles. The van der Waals surface area contributed by atoms with Crippen molar-refractivity contribution in [3.8, 4) is 5.88 Å². The molecule has 6 heteroatoms. The van der Waals surface area contributed by atoms with E-state index in [0.717, 1.165) is 0 Å². The Morgan fingerprint density at radius 3 is 2.47 bits per heavy atom. The van der Waals surface area contributed by atoms with Crippen molar-refractivity contribution in [3.05, 3.63) is 11.3 Å². The van der Waals surface area contributed by atoms with Gasteiger partial charge in [-0.1, -0.05) is 11.8 Å². The minimum Gasteiger partial charge on any atom is -0.480 e. The van der Waals surface area contributed by atoms with Crippen molar-refractivity contribution in [2.45, 2.75) is 12.1 Å². The summed E-state index contributed by atoms with van der Waals surface area (Å²) in [5.41, 5.74) is 0.829. The highest BCUT2D eigenvalue weighted by Gasteiger charge is 2.19. The van der Waals surface area contributed by atoms with Crippen LogP contribution in [0.5, 0.6) is 5.88 Å². The van der Waals surface area contributed by atoms with Crippen molar-refractivity contribution in [2.24, 2.45) is 0 Å². The third-order valence-electron chi connectivity index (χ3n) is 1.80. The summed E-state index contributed by atoms with van der Waals surface area (Å²) in [6.45, 7) is 1.72. The fraction of sp³-hybridized carbons (Fsp3) is 0.444. The second-order valence-corrected chi connectivity index (χ2v) is 3.44. The number of thioether (sulfide) groups is 1. The normalized spacial score (nSPS) is 9.87. The summed E-state index contributed by atoms with van der Waals surface area (Å²) < 4.78 is 9.65. The highest BCUT2D eigenvalue weighted by molar-refractivity contribution is 7.98. The molecular weight excluding hydrogens is 216 g/mol. The summed E-state index contributed by atoms with van der Waals surface area (Å²) in [6, 6.07) is 0. The number of rotatable bonds is 3. The molecule has 0 aliphatic heterocycles. The number of aromatic nitrogens is 2. The highest BCUT2D eigenvalue weighted by atomic mass is 32.2. The molecule has 0 aromatic carbocycles. The van der Waals surface area contributed by atoms with Crippen LogP contribution in [0.4, 0.5) is 0 Å². The Morgan fingerprint density at radius 1 is 1.33 bits per heavy atom. The summed E-state index contributed by atoms with van der Waals surface area (Å²) in [6.07, 6.45) is 1.85. The SMILES string of the molecule is COC(=O)c1c(C)nc(SC)nc1OC. The average Bonchev–Trinajstić information content (AvgIpc) is 2.26. The number of hydrogen-bond acceptors (Lipinski definition) is 6. The first kappa shape index (κ1) is 11.8. The highest BCUT2D eigenvalue weighted by Crippen LogP contribution is 2.22. The minimum atomic E-state index is -0.489. The second kappa shape index (κ2) is 4.97. The number of aryl methyl sites for hydroxylation is 1. The molecule has 0 aliphatic rings. The molecule has 0 spiro atoms. The van der Waals surface area contributed by atoms with Crippen LogP contribution in [0.1, 0.15) is 16.1 Å². The summed E-state index contributed by atoms with van der Waals surface area (Å²) >= 11 is 1.39. The molecule has 0 fully saturated rings. The first-order chi connectivity index (χ1) is 7.13. The summed E-state index contributed by atoms with van der Waals surface area (Å²) in [5.74, 6) is -0.240. The van der Waals surface area contributed by atoms with Crippen LogP contribution < -0.4 is 4.74 Å². The second-order valence-electron chi connectivity index (χ2n) is 2.67. The van der Waals surface area contributed by atoms with E-state index in [2.05, 4.69) is 14.7 Å². The maximum atomic E-state index is 11.4. The van der Waals surface area contributed by atoms with Crippen molar-refractivity contribution in [1.82, 2.24) is 9.97 Å². The molecule has 0 N–H and O–H groups in total. The molecule has 1 aromatic heterocycles. The van der Waals surface area contributed by atoms with Crippen molar-refractivity contribution < 1.29 is 14.3 Å². The van der Waals surface area contributed by atoms with Gasteiger partial charge in [0.05, 0.1) is 19.9 Å². The molecule has 1 heterocycles. The average molecular weight is 228 g/mol. The number of carbonyl (C=O) groups is 1.